The number of hydrogen-bond acceptors (Lipinski definition) is 4. The molecule has 1 fully saturated rings. The zero-order valence-electron chi connectivity index (χ0n) is 14.8. The minimum absolute atomic E-state index is 0.158. The number of benzene rings is 1. The highest BCUT2D eigenvalue weighted by Crippen LogP contribution is 2.16. The Bertz CT molecular complexity index is 729. The fraction of sp³-hybridized carbons (Fsp3) is 0.300. The van der Waals surface area contributed by atoms with Gasteiger partial charge in [-0.1, -0.05) is 29.8 Å². The average Bonchev–Trinajstić information content (AvgIpc) is 2.63. The first-order chi connectivity index (χ1) is 12.1. The molecule has 1 saturated heterocycles. The maximum absolute atomic E-state index is 12.0. The first kappa shape index (κ1) is 17.2. The van der Waals surface area contributed by atoms with Gasteiger partial charge in [-0.3, -0.25) is 4.79 Å². The number of aromatic nitrogens is 1. The lowest BCUT2D eigenvalue weighted by Gasteiger charge is -2.33. The van der Waals surface area contributed by atoms with Crippen LogP contribution < -0.4 is 10.2 Å². The van der Waals surface area contributed by atoms with Crippen molar-refractivity contribution in [2.75, 3.05) is 43.4 Å². The SMILES string of the molecule is Cc1ccc(/C=C/C(=O)Nc2ccc(N3CCN(C)CC3)nc2)cc1. The second kappa shape index (κ2) is 7.94. The Labute approximate surface area is 149 Å². The van der Waals surface area contributed by atoms with Crippen LogP contribution in [0.5, 0.6) is 0 Å². The Kier molecular flexibility index (Phi) is 5.46. The molecule has 130 valence electrons. The van der Waals surface area contributed by atoms with E-state index in [1.807, 2.05) is 43.3 Å². The first-order valence-electron chi connectivity index (χ1n) is 8.55. The molecule has 2 aromatic rings. The monoisotopic (exact) mass is 336 g/mol. The summed E-state index contributed by atoms with van der Waals surface area (Å²) < 4.78 is 0. The molecule has 3 rings (SSSR count). The number of nitrogens with one attached hydrogen (secondary N) is 1. The molecule has 1 amide bonds. The highest BCUT2D eigenvalue weighted by Gasteiger charge is 2.14. The summed E-state index contributed by atoms with van der Waals surface area (Å²) in [7, 11) is 2.13. The van der Waals surface area contributed by atoms with Crippen LogP contribution in [0.2, 0.25) is 0 Å². The van der Waals surface area contributed by atoms with Crippen molar-refractivity contribution in [3.8, 4) is 0 Å². The highest BCUT2D eigenvalue weighted by molar-refractivity contribution is 6.01. The van der Waals surface area contributed by atoms with Gasteiger partial charge in [-0.15, -0.1) is 0 Å². The summed E-state index contributed by atoms with van der Waals surface area (Å²) >= 11 is 0. The van der Waals surface area contributed by atoms with Crippen molar-refractivity contribution in [3.63, 3.8) is 0 Å². The fourth-order valence-electron chi connectivity index (χ4n) is 2.72. The molecular weight excluding hydrogens is 312 g/mol. The zero-order chi connectivity index (χ0) is 17.6. The van der Waals surface area contributed by atoms with Crippen molar-refractivity contribution in [1.29, 1.82) is 0 Å². The van der Waals surface area contributed by atoms with Crippen molar-refractivity contribution >= 4 is 23.5 Å². The van der Waals surface area contributed by atoms with Crippen LogP contribution >= 0.6 is 0 Å². The number of pyridine rings is 1. The molecule has 1 aromatic heterocycles. The normalized spacial score (nSPS) is 15.5. The predicted molar refractivity (Wildman–Crippen MR) is 103 cm³/mol. The number of anilines is 2. The number of carbonyl (C=O) groups is 1. The van der Waals surface area contributed by atoms with E-state index in [-0.39, 0.29) is 5.91 Å². The molecule has 5 nitrogen and oxygen atoms in total. The number of aryl methyl sites for hydroxylation is 1. The number of piperazine rings is 1. The molecule has 5 heteroatoms. The molecule has 0 atom stereocenters. The minimum Gasteiger partial charge on any atom is -0.354 e. The van der Waals surface area contributed by atoms with Gasteiger partial charge in [0.05, 0.1) is 11.9 Å². The molecule has 1 aliphatic rings. The van der Waals surface area contributed by atoms with Gasteiger partial charge in [0.25, 0.3) is 0 Å². The Morgan fingerprint density at radius 3 is 2.44 bits per heavy atom. The average molecular weight is 336 g/mol. The Morgan fingerprint density at radius 2 is 1.80 bits per heavy atom. The molecular formula is C20H24N4O. The van der Waals surface area contributed by atoms with Crippen LogP contribution in [0.25, 0.3) is 6.08 Å². The summed E-state index contributed by atoms with van der Waals surface area (Å²) in [5.41, 5.74) is 2.91. The van der Waals surface area contributed by atoms with E-state index < -0.39 is 0 Å². The predicted octanol–water partition coefficient (Wildman–Crippen LogP) is 2.79. The number of nitrogens with zero attached hydrogens (tertiary/aromatic N) is 3. The second-order valence-corrected chi connectivity index (χ2v) is 6.43. The van der Waals surface area contributed by atoms with Crippen LogP contribution in [-0.4, -0.2) is 49.0 Å². The van der Waals surface area contributed by atoms with E-state index in [0.717, 1.165) is 37.6 Å². The lowest BCUT2D eigenvalue weighted by molar-refractivity contribution is -0.111. The third-order valence-corrected chi connectivity index (χ3v) is 4.35. The molecule has 25 heavy (non-hydrogen) atoms. The number of rotatable bonds is 4. The van der Waals surface area contributed by atoms with E-state index in [9.17, 15) is 4.79 Å². The molecule has 1 aromatic carbocycles. The molecule has 1 N–H and O–H groups in total. The van der Waals surface area contributed by atoms with Crippen LogP contribution in [0, 0.1) is 6.92 Å². The maximum atomic E-state index is 12.0. The Balaban J connectivity index is 1.55. The van der Waals surface area contributed by atoms with Crippen LogP contribution in [0.15, 0.2) is 48.7 Å². The maximum Gasteiger partial charge on any atom is 0.248 e. The van der Waals surface area contributed by atoms with E-state index in [1.165, 1.54) is 5.56 Å². The summed E-state index contributed by atoms with van der Waals surface area (Å²) in [6.45, 7) is 6.09. The van der Waals surface area contributed by atoms with Gasteiger partial charge >= 0.3 is 0 Å². The summed E-state index contributed by atoms with van der Waals surface area (Å²) in [6.07, 6.45) is 5.06. The van der Waals surface area contributed by atoms with E-state index in [0.29, 0.717) is 5.69 Å². The molecule has 1 aliphatic heterocycles. The number of amides is 1. The van der Waals surface area contributed by atoms with Gasteiger partial charge in [0, 0.05) is 32.3 Å². The smallest absolute Gasteiger partial charge is 0.248 e. The van der Waals surface area contributed by atoms with Crippen molar-refractivity contribution in [2.45, 2.75) is 6.92 Å². The van der Waals surface area contributed by atoms with Crippen LogP contribution in [0.1, 0.15) is 11.1 Å². The molecule has 0 radical (unpaired) electrons. The molecule has 0 spiro atoms. The molecule has 0 unspecified atom stereocenters. The molecule has 0 saturated carbocycles. The number of carbonyl (C=O) groups excluding carboxylic acids is 1. The summed E-state index contributed by atoms with van der Waals surface area (Å²) in [4.78, 5) is 21.1. The number of likely N-dealkylation sites (N-methyl/N-ethyl adjacent to an activating group) is 1. The Morgan fingerprint density at radius 1 is 1.08 bits per heavy atom. The second-order valence-electron chi connectivity index (χ2n) is 6.43. The van der Waals surface area contributed by atoms with Crippen molar-refractivity contribution in [3.05, 3.63) is 59.8 Å². The topological polar surface area (TPSA) is 48.5 Å². The third kappa shape index (κ3) is 4.90. The van der Waals surface area contributed by atoms with Gasteiger partial charge in [0.1, 0.15) is 5.82 Å². The largest absolute Gasteiger partial charge is 0.354 e. The van der Waals surface area contributed by atoms with Crippen molar-refractivity contribution in [2.24, 2.45) is 0 Å². The Hall–Kier alpha value is -2.66. The van der Waals surface area contributed by atoms with Gasteiger partial charge in [0.2, 0.25) is 5.91 Å². The standard InChI is InChI=1S/C20H24N4O/c1-16-3-5-17(6-4-16)7-10-20(25)22-18-8-9-19(21-15-18)24-13-11-23(2)12-14-24/h3-10,15H,11-14H2,1-2H3,(H,22,25)/b10-7+. The van der Waals surface area contributed by atoms with E-state index >= 15 is 0 Å². The van der Waals surface area contributed by atoms with Crippen LogP contribution in [0.3, 0.4) is 0 Å². The van der Waals surface area contributed by atoms with Gasteiger partial charge < -0.3 is 15.1 Å². The lowest BCUT2D eigenvalue weighted by Crippen LogP contribution is -2.44. The van der Waals surface area contributed by atoms with Gasteiger partial charge in [-0.2, -0.15) is 0 Å². The first-order valence-corrected chi connectivity index (χ1v) is 8.55. The van der Waals surface area contributed by atoms with Gasteiger partial charge in [-0.25, -0.2) is 4.98 Å². The summed E-state index contributed by atoms with van der Waals surface area (Å²) in [5, 5.41) is 2.85. The van der Waals surface area contributed by atoms with Gasteiger partial charge in [-0.05, 0) is 37.7 Å². The molecule has 0 aliphatic carbocycles. The molecule has 0 bridgehead atoms. The number of hydrogen-bond donors (Lipinski definition) is 1. The highest BCUT2D eigenvalue weighted by atomic mass is 16.1. The molecule has 2 heterocycles. The fourth-order valence-corrected chi connectivity index (χ4v) is 2.72. The lowest BCUT2D eigenvalue weighted by atomic mass is 10.1. The van der Waals surface area contributed by atoms with Crippen molar-refractivity contribution in [1.82, 2.24) is 9.88 Å². The van der Waals surface area contributed by atoms with Crippen LogP contribution in [0.4, 0.5) is 11.5 Å². The summed E-state index contributed by atoms with van der Waals surface area (Å²) in [5.74, 6) is 0.802. The third-order valence-electron chi connectivity index (χ3n) is 4.35. The zero-order valence-corrected chi connectivity index (χ0v) is 14.8. The quantitative estimate of drug-likeness (QED) is 0.872. The van der Waals surface area contributed by atoms with Gasteiger partial charge in [0.15, 0.2) is 0 Å². The minimum atomic E-state index is -0.158. The van der Waals surface area contributed by atoms with Crippen LogP contribution in [-0.2, 0) is 4.79 Å². The van der Waals surface area contributed by atoms with E-state index in [4.69, 9.17) is 0 Å². The van der Waals surface area contributed by atoms with Crippen molar-refractivity contribution < 1.29 is 4.79 Å². The summed E-state index contributed by atoms with van der Waals surface area (Å²) in [6, 6.07) is 11.9. The van der Waals surface area contributed by atoms with E-state index in [1.54, 1.807) is 18.3 Å². The van der Waals surface area contributed by atoms with E-state index in [2.05, 4.69) is 27.1 Å².